The maximum Gasteiger partial charge on any atom is 0.329 e. The number of aryl methyl sites for hydroxylation is 1. The topological polar surface area (TPSA) is 483 Å². The highest BCUT2D eigenvalue weighted by Gasteiger charge is 2.53. The molecule has 10 rings (SSSR count). The number of oxazole rings is 1. The summed E-state index contributed by atoms with van der Waals surface area (Å²) in [6, 6.07) is 4.35. The van der Waals surface area contributed by atoms with Gasteiger partial charge >= 0.3 is 5.97 Å². The molecular weight excluding hydrogens is 1640 g/mol. The number of amides is 5. The number of cyclic esters (lactones) is 1. The molecule has 0 spiro atoms. The standard InChI is InChI=1S/C90H133N17O20/c1-55-19-13-12-14-20-56(2)71(119-9)46-65-25-22-61(7)90(118,127-65)83(115)86(116)106-31-17-15-21-67(106)87(117)125-72(58(4)43-62-23-26-68(108)73(44-62)120-10)47-69(109)57(3)42-60(6)81(114)82(121-11)79(59(5)41-55)102-124-53-76(112)95-48-63-49-96-89(97-50-63)105-35-33-104(34-36-105)77(113)52-103(8)51-75(111)94-30-38-123-40-39-122-37-28-74(110)93-29-16-18-32-107-85-78(84(91)98-54-99-85)80(101-107)64-24-27-70-66(45-64)100-88(92)126-70/h12-14,19-20,24,27,42,45,49-50,54-55,57-59,61-62,65,67-69,71-73,81-82,108-109,114,118H,15-18,21-23,25-26,28-41,43-44,46-48,51-53H2,1-11H3,(H2,92,100)(H,93,110)(H,94,111)(H,95,112)(H2,91,98,99)/b14-12+,19-13+,56-20+,60-42+,102-79+/t55-,57-,58-,59-,61-,62+,65+,67+,68-,69-,71+,72+,73-,81-,82+,90-/m1/s1. The minimum atomic E-state index is -2.47. The Morgan fingerprint density at radius 3 is 2.28 bits per heavy atom. The molecule has 0 radical (unpaired) electrons. The first-order chi connectivity index (χ1) is 60.9. The lowest BCUT2D eigenvalue weighted by atomic mass is 9.78. The molecule has 2 bridgehead atoms. The van der Waals surface area contributed by atoms with E-state index in [2.05, 4.69) is 46.0 Å². The Balaban J connectivity index is 0.659. The number of piperidine rings is 1. The number of unbranched alkanes of at least 4 members (excludes halogenated alkanes) is 1. The zero-order valence-electron chi connectivity index (χ0n) is 75.4. The monoisotopic (exact) mass is 1770 g/mol. The molecule has 0 unspecified atom stereocenters. The maximum atomic E-state index is 14.8. The highest BCUT2D eigenvalue weighted by Crippen LogP contribution is 2.40. The summed E-state index contributed by atoms with van der Waals surface area (Å²) in [5.41, 5.74) is 17.4. The predicted molar refractivity (Wildman–Crippen MR) is 473 cm³/mol. The number of rotatable bonds is 31. The number of aliphatic hydroxyl groups is 4. The van der Waals surface area contributed by atoms with Crippen molar-refractivity contribution in [1.82, 2.24) is 65.4 Å². The summed E-state index contributed by atoms with van der Waals surface area (Å²) in [7, 11) is 6.28. The molecule has 3 saturated heterocycles. The molecule has 8 heterocycles. The number of carbonyl (C=O) groups excluding carboxylic acids is 7. The SMILES string of the molecule is CO[C@H]1C[C@@H]2CC[C@@H](C)[C@@](O)(O2)C(=O)C(=O)N2CCCC[C@H]2C(=O)O[C@H]([C@H](C)C[C@@H]2CC[C@@H](O)[C@H](OC)C2)C[C@@H](O)[C@H](C)/C=C(\C)[C@@H](O)[C@@H](OC)/C(=N/OCC(=O)NCc2cnc(N3CCN(C(=O)CN(C)CC(=O)NCCOCCOCCC(=O)NCCCCn4nc(-c5ccc6oc(N)nc6c5)c5c(N)ncnc54)CC3)nc2)[C@H](C)C[C@H](C)/C=C/C=C/C=C/1C. The Morgan fingerprint density at radius 2 is 1.53 bits per heavy atom. The molecule has 16 atom stereocenters. The lowest BCUT2D eigenvalue weighted by Crippen LogP contribution is -2.61. The van der Waals surface area contributed by atoms with Crippen LogP contribution in [0, 0.1) is 35.5 Å². The van der Waals surface area contributed by atoms with Crippen LogP contribution in [0.5, 0.6) is 0 Å². The summed E-state index contributed by atoms with van der Waals surface area (Å²) >= 11 is 0. The first-order valence-corrected chi connectivity index (χ1v) is 44.5. The largest absolute Gasteiger partial charge is 0.460 e. The Labute approximate surface area is 742 Å². The second-order valence-corrected chi connectivity index (χ2v) is 34.5. The third-order valence-corrected chi connectivity index (χ3v) is 24.7. The quantitative estimate of drug-likeness (QED) is 0.00843. The number of oxime groups is 1. The highest BCUT2D eigenvalue weighted by atomic mass is 16.6. The predicted octanol–water partition coefficient (Wildman–Crippen LogP) is 5.71. The van der Waals surface area contributed by atoms with Crippen molar-refractivity contribution in [3.63, 3.8) is 0 Å². The van der Waals surface area contributed by atoms with Gasteiger partial charge in [0.1, 0.15) is 47.7 Å². The number of nitrogen functional groups attached to an aromatic ring is 2. The van der Waals surface area contributed by atoms with Crippen LogP contribution in [0.2, 0.25) is 0 Å². The first kappa shape index (κ1) is 99.4. The van der Waals surface area contributed by atoms with E-state index in [9.17, 15) is 54.0 Å². The number of likely N-dealkylation sites (N-methyl/N-ethyl adjacent to an activating group) is 1. The number of carbonyl (C=O) groups is 7. The summed E-state index contributed by atoms with van der Waals surface area (Å²) in [6.45, 7) is 16.6. The van der Waals surface area contributed by atoms with Gasteiger partial charge in [0.25, 0.3) is 23.6 Å². The number of nitrogens with zero attached hydrogens (tertiary/aromatic N) is 12. The number of ether oxygens (including phenoxy) is 7. The van der Waals surface area contributed by atoms with Gasteiger partial charge in [-0.2, -0.15) is 10.1 Å². The van der Waals surface area contributed by atoms with Crippen molar-refractivity contribution in [2.24, 2.45) is 40.7 Å². The molecule has 5 amide bonds. The van der Waals surface area contributed by atoms with Crippen LogP contribution in [0.3, 0.4) is 0 Å². The van der Waals surface area contributed by atoms with Gasteiger partial charge in [0.05, 0.1) is 81.1 Å². The van der Waals surface area contributed by atoms with E-state index in [0.29, 0.717) is 166 Å². The van der Waals surface area contributed by atoms with Crippen LogP contribution >= 0.6 is 0 Å². The van der Waals surface area contributed by atoms with Crippen LogP contribution in [0.15, 0.2) is 94.1 Å². The van der Waals surface area contributed by atoms with Crippen molar-refractivity contribution in [3.8, 4) is 11.3 Å². The zero-order valence-corrected chi connectivity index (χ0v) is 75.4. The van der Waals surface area contributed by atoms with Crippen LogP contribution < -0.4 is 32.3 Å². The van der Waals surface area contributed by atoms with Crippen LogP contribution in [0.1, 0.15) is 150 Å². The maximum absolute atomic E-state index is 14.8. The minimum Gasteiger partial charge on any atom is -0.460 e. The number of piperazine rings is 1. The fourth-order valence-corrected chi connectivity index (χ4v) is 17.2. The van der Waals surface area contributed by atoms with E-state index in [1.54, 1.807) is 81.1 Å². The van der Waals surface area contributed by atoms with Crippen LogP contribution in [-0.2, 0) is 84.6 Å². The Hall–Kier alpha value is -9.80. The number of methoxy groups -OCH3 is 3. The normalized spacial score (nSPS) is 28.0. The minimum absolute atomic E-state index is 0.000395. The van der Waals surface area contributed by atoms with E-state index in [-0.39, 0.29) is 132 Å². The summed E-state index contributed by atoms with van der Waals surface area (Å²) in [4.78, 5) is 130. The van der Waals surface area contributed by atoms with Crippen molar-refractivity contribution < 1.29 is 96.4 Å². The number of hydrogen-bond donors (Lipinski definition) is 9. The molecule has 127 heavy (non-hydrogen) atoms. The summed E-state index contributed by atoms with van der Waals surface area (Å²) in [5, 5.41) is 66.0. The molecule has 1 saturated carbocycles. The molecule has 4 fully saturated rings. The first-order valence-electron chi connectivity index (χ1n) is 44.5. The number of aliphatic hydroxyl groups excluding tert-OH is 3. The van der Waals surface area contributed by atoms with E-state index in [1.165, 1.54) is 18.3 Å². The lowest BCUT2D eigenvalue weighted by molar-refractivity contribution is -0.265. The fraction of sp³-hybridized carbons (Fsp3) is 0.644. The number of benzene rings is 1. The van der Waals surface area contributed by atoms with E-state index in [4.69, 9.17) is 59.0 Å². The third kappa shape index (κ3) is 28.1. The molecule has 5 aromatic rings. The number of ketones is 1. The molecule has 1 aliphatic carbocycles. The Kier molecular flexibility index (Phi) is 38.0. The van der Waals surface area contributed by atoms with Gasteiger partial charge in [-0.25, -0.2) is 29.4 Å². The van der Waals surface area contributed by atoms with Gasteiger partial charge in [-0.1, -0.05) is 76.2 Å². The van der Waals surface area contributed by atoms with Gasteiger partial charge in [-0.3, -0.25) is 33.7 Å². The van der Waals surface area contributed by atoms with E-state index in [1.807, 2.05) is 75.1 Å². The van der Waals surface area contributed by atoms with Gasteiger partial charge < -0.3 is 105 Å². The number of esters is 1. The van der Waals surface area contributed by atoms with Crippen molar-refractivity contribution >= 4 is 86.9 Å². The van der Waals surface area contributed by atoms with Crippen molar-refractivity contribution in [1.29, 1.82) is 0 Å². The number of allylic oxidation sites excluding steroid dienone is 5. The number of nitrogens with one attached hydrogen (secondary N) is 3. The molecule has 37 heteroatoms. The molecule has 4 aliphatic heterocycles. The Bertz CT molecular complexity index is 4610. The summed E-state index contributed by atoms with van der Waals surface area (Å²) in [5.74, 6) is -7.79. The van der Waals surface area contributed by atoms with Crippen LogP contribution in [0.4, 0.5) is 17.8 Å². The smallest absolute Gasteiger partial charge is 0.329 e. The average molecular weight is 1770 g/mol. The number of nitrogens with two attached hydrogens (primary N) is 2. The van der Waals surface area contributed by atoms with Gasteiger partial charge in [0.2, 0.25) is 29.5 Å². The zero-order chi connectivity index (χ0) is 91.4. The number of Topliss-reactive ketones (excluding diaryl/α,β-unsaturated/α-hetero) is 1. The van der Waals surface area contributed by atoms with E-state index >= 15 is 0 Å². The molecule has 1 aromatic carbocycles. The highest BCUT2D eigenvalue weighted by molar-refractivity contribution is 6.39. The molecule has 4 aromatic heterocycles. The van der Waals surface area contributed by atoms with Gasteiger partial charge in [0.15, 0.2) is 17.8 Å². The van der Waals surface area contributed by atoms with Crippen molar-refractivity contribution in [2.75, 3.05) is 137 Å². The third-order valence-electron chi connectivity index (χ3n) is 24.7. The lowest BCUT2D eigenvalue weighted by Gasteiger charge is -2.43. The molecule has 11 N–H and O–H groups in total. The average Bonchev–Trinajstić information content (AvgIpc) is 1.73. The van der Waals surface area contributed by atoms with Crippen LogP contribution in [-0.4, -0.2) is 298 Å². The number of fused-ring (bicyclic) bond motifs is 5. The molecule has 37 nitrogen and oxygen atoms in total. The summed E-state index contributed by atoms with van der Waals surface area (Å²) < 4.78 is 48.8. The summed E-state index contributed by atoms with van der Waals surface area (Å²) in [6.07, 6.45) is 16.1. The number of hydrogen-bond acceptors (Lipinski definition) is 31. The second-order valence-electron chi connectivity index (χ2n) is 34.5. The molecular formula is C90H133N17O20. The second kappa shape index (κ2) is 48.6. The number of anilines is 3. The van der Waals surface area contributed by atoms with Gasteiger partial charge in [0, 0.05) is 141 Å². The van der Waals surface area contributed by atoms with Crippen molar-refractivity contribution in [3.05, 3.63) is 90.1 Å². The fourth-order valence-electron chi connectivity index (χ4n) is 17.2. The number of aromatic nitrogens is 7. The van der Waals surface area contributed by atoms with Gasteiger partial charge in [-0.15, -0.1) is 0 Å². The molecule has 5 aliphatic rings. The van der Waals surface area contributed by atoms with Crippen LogP contribution in [0.25, 0.3) is 33.4 Å². The molecule has 698 valence electrons. The van der Waals surface area contributed by atoms with E-state index in [0.717, 1.165) is 11.1 Å². The Morgan fingerprint density at radius 1 is 0.772 bits per heavy atom. The van der Waals surface area contributed by atoms with Crippen molar-refractivity contribution in [2.45, 2.75) is 219 Å². The van der Waals surface area contributed by atoms with Gasteiger partial charge in [-0.05, 0) is 145 Å². The van der Waals surface area contributed by atoms with E-state index < -0.39 is 102 Å².